The van der Waals surface area contributed by atoms with Crippen molar-refractivity contribution in [1.82, 2.24) is 24.5 Å². The van der Waals surface area contributed by atoms with Crippen LogP contribution in [0.2, 0.25) is 0 Å². The van der Waals surface area contributed by atoms with Crippen molar-refractivity contribution in [3.8, 4) is 40.2 Å². The normalized spacial score (nSPS) is 10.8. The summed E-state index contributed by atoms with van der Waals surface area (Å²) in [7, 11) is 1.87. The Morgan fingerprint density at radius 1 is 1.08 bits per heavy atom. The zero-order valence-corrected chi connectivity index (χ0v) is 19.5. The molecular formula is C26H21FN8O. The van der Waals surface area contributed by atoms with Gasteiger partial charge in [-0.2, -0.15) is 5.26 Å². The Balaban J connectivity index is 1.63. The third-order valence-electron chi connectivity index (χ3n) is 5.72. The maximum atomic E-state index is 15.3. The third-order valence-corrected chi connectivity index (χ3v) is 5.72. The molecule has 0 saturated heterocycles. The second-order valence-electron chi connectivity index (χ2n) is 8.06. The van der Waals surface area contributed by atoms with E-state index in [0.29, 0.717) is 27.9 Å². The summed E-state index contributed by atoms with van der Waals surface area (Å²) in [5.41, 5.74) is 11.3. The lowest BCUT2D eigenvalue weighted by Gasteiger charge is -2.11. The average Bonchev–Trinajstić information content (AvgIpc) is 3.18. The number of aromatic nitrogens is 5. The Labute approximate surface area is 206 Å². The minimum absolute atomic E-state index is 0.00304. The molecule has 0 aliphatic heterocycles. The van der Waals surface area contributed by atoms with Crippen LogP contribution < -0.4 is 15.8 Å². The molecule has 0 bridgehead atoms. The Hall–Kier alpha value is -5.04. The predicted molar refractivity (Wildman–Crippen MR) is 135 cm³/mol. The molecule has 178 valence electrons. The van der Waals surface area contributed by atoms with E-state index in [0.717, 1.165) is 16.9 Å². The van der Waals surface area contributed by atoms with Crippen molar-refractivity contribution in [2.45, 2.75) is 6.92 Å². The summed E-state index contributed by atoms with van der Waals surface area (Å²) >= 11 is 0. The van der Waals surface area contributed by atoms with E-state index < -0.39 is 5.82 Å². The van der Waals surface area contributed by atoms with Crippen LogP contribution in [-0.2, 0) is 7.05 Å². The van der Waals surface area contributed by atoms with E-state index in [1.807, 2.05) is 35.9 Å². The SMILES string of the molecule is Cc1ccnc(Oc2ccc(-c3c(-c4ccc(NCC#N)cc4)n(C)c4ncnc(N)c34)cc2F)n1. The molecule has 0 amide bonds. The van der Waals surface area contributed by atoms with E-state index in [1.54, 1.807) is 25.3 Å². The number of nitrogen functional groups attached to an aromatic ring is 1. The molecule has 0 radical (unpaired) electrons. The molecule has 2 aromatic carbocycles. The fourth-order valence-corrected chi connectivity index (χ4v) is 4.09. The van der Waals surface area contributed by atoms with Gasteiger partial charge in [0.05, 0.1) is 17.1 Å². The molecule has 3 N–H and O–H groups in total. The molecule has 0 saturated carbocycles. The van der Waals surface area contributed by atoms with Gasteiger partial charge in [-0.05, 0) is 48.4 Å². The molecule has 5 aromatic rings. The Morgan fingerprint density at radius 2 is 1.86 bits per heavy atom. The van der Waals surface area contributed by atoms with Gasteiger partial charge in [0.25, 0.3) is 0 Å². The van der Waals surface area contributed by atoms with E-state index in [4.69, 9.17) is 15.7 Å². The highest BCUT2D eigenvalue weighted by molar-refractivity contribution is 6.07. The molecule has 10 heteroatoms. The number of fused-ring (bicyclic) bond motifs is 1. The van der Waals surface area contributed by atoms with E-state index in [9.17, 15) is 0 Å². The highest BCUT2D eigenvalue weighted by Gasteiger charge is 2.23. The number of hydrogen-bond acceptors (Lipinski definition) is 8. The number of nitrogens with one attached hydrogen (secondary N) is 1. The van der Waals surface area contributed by atoms with Crippen LogP contribution in [0.25, 0.3) is 33.4 Å². The van der Waals surface area contributed by atoms with Crippen LogP contribution >= 0.6 is 0 Å². The van der Waals surface area contributed by atoms with Crippen molar-refractivity contribution in [1.29, 1.82) is 5.26 Å². The first-order valence-corrected chi connectivity index (χ1v) is 11.0. The van der Waals surface area contributed by atoms with Crippen molar-refractivity contribution in [3.63, 3.8) is 0 Å². The third kappa shape index (κ3) is 4.14. The lowest BCUT2D eigenvalue weighted by atomic mass is 9.98. The van der Waals surface area contributed by atoms with Crippen molar-refractivity contribution < 1.29 is 9.13 Å². The van der Waals surface area contributed by atoms with Gasteiger partial charge in [0, 0.05) is 30.2 Å². The van der Waals surface area contributed by atoms with Gasteiger partial charge in [0.2, 0.25) is 0 Å². The van der Waals surface area contributed by atoms with Crippen LogP contribution in [0.15, 0.2) is 61.1 Å². The molecule has 0 spiro atoms. The van der Waals surface area contributed by atoms with Crippen molar-refractivity contribution in [3.05, 3.63) is 72.6 Å². The van der Waals surface area contributed by atoms with Crippen molar-refractivity contribution >= 4 is 22.5 Å². The largest absolute Gasteiger partial charge is 0.421 e. The van der Waals surface area contributed by atoms with Gasteiger partial charge < -0.3 is 20.4 Å². The van der Waals surface area contributed by atoms with E-state index in [-0.39, 0.29) is 24.1 Å². The van der Waals surface area contributed by atoms with Gasteiger partial charge in [-0.3, -0.25) is 0 Å². The highest BCUT2D eigenvalue weighted by Crippen LogP contribution is 2.42. The van der Waals surface area contributed by atoms with Gasteiger partial charge in [-0.25, -0.2) is 24.3 Å². The minimum Gasteiger partial charge on any atom is -0.421 e. The molecule has 0 aliphatic rings. The zero-order valence-electron chi connectivity index (χ0n) is 19.5. The summed E-state index contributed by atoms with van der Waals surface area (Å²) in [5, 5.41) is 12.5. The lowest BCUT2D eigenvalue weighted by molar-refractivity contribution is 0.410. The number of nitrogens with zero attached hydrogens (tertiary/aromatic N) is 6. The van der Waals surface area contributed by atoms with Crippen LogP contribution in [0.5, 0.6) is 11.8 Å². The number of benzene rings is 2. The lowest BCUT2D eigenvalue weighted by Crippen LogP contribution is -1.98. The number of halogens is 1. The van der Waals surface area contributed by atoms with Gasteiger partial charge in [0.15, 0.2) is 11.6 Å². The first-order valence-electron chi connectivity index (χ1n) is 11.0. The van der Waals surface area contributed by atoms with Gasteiger partial charge in [0.1, 0.15) is 24.3 Å². The molecule has 0 atom stereocenters. The van der Waals surface area contributed by atoms with Gasteiger partial charge in [-0.1, -0.05) is 18.2 Å². The van der Waals surface area contributed by atoms with Crippen LogP contribution in [0.4, 0.5) is 15.9 Å². The van der Waals surface area contributed by atoms with E-state index in [2.05, 4.69) is 31.3 Å². The monoisotopic (exact) mass is 480 g/mol. The predicted octanol–water partition coefficient (Wildman–Crippen LogP) is 4.85. The maximum absolute atomic E-state index is 15.3. The summed E-state index contributed by atoms with van der Waals surface area (Å²) in [6, 6.07) is 16.1. The molecule has 9 nitrogen and oxygen atoms in total. The molecule has 5 rings (SSSR count). The van der Waals surface area contributed by atoms with Gasteiger partial charge in [-0.15, -0.1) is 0 Å². The Kier molecular flexibility index (Phi) is 5.88. The van der Waals surface area contributed by atoms with E-state index in [1.165, 1.54) is 18.5 Å². The molecule has 3 heterocycles. The number of anilines is 2. The molecule has 3 aromatic heterocycles. The number of nitriles is 1. The maximum Gasteiger partial charge on any atom is 0.322 e. The summed E-state index contributed by atoms with van der Waals surface area (Å²) in [4.78, 5) is 16.8. The van der Waals surface area contributed by atoms with Crippen LogP contribution in [-0.4, -0.2) is 31.0 Å². The Morgan fingerprint density at radius 3 is 2.58 bits per heavy atom. The quantitative estimate of drug-likeness (QED) is 0.330. The number of nitrogens with two attached hydrogens (primary N) is 1. The van der Waals surface area contributed by atoms with Crippen LogP contribution in [0, 0.1) is 24.1 Å². The van der Waals surface area contributed by atoms with Crippen LogP contribution in [0.3, 0.4) is 0 Å². The fourth-order valence-electron chi connectivity index (χ4n) is 4.09. The standard InChI is InChI=1S/C26H21FN8O/c1-15-9-11-31-26(34-15)36-20-8-5-17(13-19(20)27)21-22-24(29)32-14-33-25(22)35(2)23(21)16-3-6-18(7-4-16)30-12-10-28/h3-9,11,13-14,30H,12H2,1-2H3,(H2,29,32,33). The molecular weight excluding hydrogens is 459 g/mol. The number of hydrogen-bond donors (Lipinski definition) is 2. The Bertz CT molecular complexity index is 1620. The summed E-state index contributed by atoms with van der Waals surface area (Å²) < 4.78 is 22.7. The first kappa shape index (κ1) is 22.7. The highest BCUT2D eigenvalue weighted by atomic mass is 19.1. The first-order chi connectivity index (χ1) is 17.5. The summed E-state index contributed by atoms with van der Waals surface area (Å²) in [5.74, 6) is -0.284. The summed E-state index contributed by atoms with van der Waals surface area (Å²) in [6.45, 7) is 2.00. The fraction of sp³-hybridized carbons (Fsp3) is 0.115. The van der Waals surface area contributed by atoms with E-state index >= 15 is 4.39 Å². The van der Waals surface area contributed by atoms with Gasteiger partial charge >= 0.3 is 6.01 Å². The minimum atomic E-state index is -0.577. The number of aryl methyl sites for hydroxylation is 2. The number of ether oxygens (including phenoxy) is 1. The second-order valence-corrected chi connectivity index (χ2v) is 8.06. The van der Waals surface area contributed by atoms with Crippen molar-refractivity contribution in [2.24, 2.45) is 7.05 Å². The topological polar surface area (TPSA) is 128 Å². The average molecular weight is 481 g/mol. The molecule has 36 heavy (non-hydrogen) atoms. The summed E-state index contributed by atoms with van der Waals surface area (Å²) in [6.07, 6.45) is 2.95. The van der Waals surface area contributed by atoms with Crippen molar-refractivity contribution in [2.75, 3.05) is 17.6 Å². The molecule has 0 unspecified atom stereocenters. The molecule has 0 aliphatic carbocycles. The van der Waals surface area contributed by atoms with Crippen LogP contribution in [0.1, 0.15) is 5.69 Å². The zero-order chi connectivity index (χ0) is 25.2. The molecule has 0 fully saturated rings. The second kappa shape index (κ2) is 9.31. The smallest absolute Gasteiger partial charge is 0.322 e. The number of rotatable bonds is 6.